The van der Waals surface area contributed by atoms with Crippen LogP contribution in [0.15, 0.2) is 12.1 Å². The summed E-state index contributed by atoms with van der Waals surface area (Å²) in [6.07, 6.45) is -3.03. The molecule has 3 aliphatic rings. The number of nitrogens with zero attached hydrogens (tertiary/aromatic N) is 2. The summed E-state index contributed by atoms with van der Waals surface area (Å²) < 4.78 is 63.5. The summed E-state index contributed by atoms with van der Waals surface area (Å²) in [7, 11) is 0. The predicted molar refractivity (Wildman–Crippen MR) is 134 cm³/mol. The number of carboxylic acid groups (broad SMARTS) is 2. The molecule has 1 atom stereocenters. The number of alkyl halides is 6. The number of carbonyl (C=O) groups excluding carboxylic acids is 2. The third kappa shape index (κ3) is 9.56. The molecule has 0 aliphatic carbocycles. The molecular formula is C24H32F6N4O6S. The summed E-state index contributed by atoms with van der Waals surface area (Å²) in [5, 5.41) is 17.7. The number of hydrogen-bond donors (Lipinski definition) is 4. The molecule has 1 aromatic rings. The van der Waals surface area contributed by atoms with Crippen molar-refractivity contribution >= 4 is 35.1 Å². The third-order valence-electron chi connectivity index (χ3n) is 7.02. The van der Waals surface area contributed by atoms with Crippen LogP contribution in [0.25, 0.3) is 0 Å². The second-order valence-corrected chi connectivity index (χ2v) is 10.8. The molecule has 4 heterocycles. The summed E-state index contributed by atoms with van der Waals surface area (Å²) in [5.74, 6) is -5.64. The maximum Gasteiger partial charge on any atom is 0.490 e. The molecule has 1 aromatic heterocycles. The highest BCUT2D eigenvalue weighted by Gasteiger charge is 2.46. The van der Waals surface area contributed by atoms with E-state index in [0.717, 1.165) is 43.8 Å². The van der Waals surface area contributed by atoms with Gasteiger partial charge in [0.1, 0.15) is 5.54 Å². The number of nitrogens with one attached hydrogen (secondary N) is 1. The first-order chi connectivity index (χ1) is 19.0. The zero-order valence-corrected chi connectivity index (χ0v) is 22.7. The fourth-order valence-corrected chi connectivity index (χ4v) is 5.94. The zero-order chi connectivity index (χ0) is 31.0. The maximum atomic E-state index is 13.0. The molecule has 5 N–H and O–H groups in total. The van der Waals surface area contributed by atoms with Crippen molar-refractivity contribution in [1.29, 1.82) is 0 Å². The van der Waals surface area contributed by atoms with Crippen molar-refractivity contribution in [3.63, 3.8) is 0 Å². The average Bonchev–Trinajstić information content (AvgIpc) is 3.61. The molecule has 0 radical (unpaired) electrons. The molecule has 3 fully saturated rings. The van der Waals surface area contributed by atoms with Gasteiger partial charge in [0, 0.05) is 24.0 Å². The molecule has 4 rings (SSSR count). The van der Waals surface area contributed by atoms with Crippen LogP contribution >= 0.6 is 11.3 Å². The molecule has 0 bridgehead atoms. The number of amides is 2. The predicted octanol–water partition coefficient (Wildman–Crippen LogP) is 3.39. The number of hydrogen-bond acceptors (Lipinski definition) is 7. The van der Waals surface area contributed by atoms with E-state index in [2.05, 4.69) is 16.3 Å². The summed E-state index contributed by atoms with van der Waals surface area (Å²) >= 11 is 1.61. The standard InChI is InChI=1S/C20H30N4O2S.2C2HF3O2/c21-19(26)20(24-11-2-1-3-12-24)8-13-23(14-9-20)18(25)17-7-6-16(27-17)15-5-4-10-22-15;2*3-2(4,5)1(6)7/h6-7,15,22H,1-5,8-14H2,(H2,21,26);2*(H,6,7). The first kappa shape index (κ1) is 34.3. The number of primary amides is 1. The van der Waals surface area contributed by atoms with Crippen LogP contribution in [0.2, 0.25) is 0 Å². The SMILES string of the molecule is NC(=O)C1(N2CCCCC2)CCN(C(=O)c2ccc(C3CCCN3)s2)CC1.O=C(O)C(F)(F)F.O=C(O)C(F)(F)F. The molecular weight excluding hydrogens is 586 g/mol. The first-order valence-electron chi connectivity index (χ1n) is 12.8. The largest absolute Gasteiger partial charge is 0.490 e. The normalized spacial score (nSPS) is 21.1. The van der Waals surface area contributed by atoms with Crippen LogP contribution in [0.5, 0.6) is 0 Å². The number of thiophene rings is 1. The van der Waals surface area contributed by atoms with Crippen molar-refractivity contribution in [2.24, 2.45) is 5.73 Å². The van der Waals surface area contributed by atoms with E-state index in [1.807, 2.05) is 11.0 Å². The Morgan fingerprint density at radius 3 is 1.80 bits per heavy atom. The fraction of sp³-hybridized carbons (Fsp3) is 0.667. The van der Waals surface area contributed by atoms with Gasteiger partial charge in [0.15, 0.2) is 0 Å². The van der Waals surface area contributed by atoms with E-state index in [4.69, 9.17) is 25.5 Å². The highest BCUT2D eigenvalue weighted by atomic mass is 32.1. The Kier molecular flexibility index (Phi) is 12.0. The molecule has 0 saturated carbocycles. The van der Waals surface area contributed by atoms with Gasteiger partial charge in [0.2, 0.25) is 5.91 Å². The van der Waals surface area contributed by atoms with Crippen LogP contribution in [-0.4, -0.2) is 94.4 Å². The summed E-state index contributed by atoms with van der Waals surface area (Å²) in [6, 6.07) is 4.45. The van der Waals surface area contributed by atoms with Crippen molar-refractivity contribution < 1.29 is 55.7 Å². The highest BCUT2D eigenvalue weighted by molar-refractivity contribution is 7.14. The second kappa shape index (κ2) is 14.3. The van der Waals surface area contributed by atoms with E-state index >= 15 is 0 Å². The van der Waals surface area contributed by atoms with Gasteiger partial charge in [0.05, 0.1) is 4.88 Å². The lowest BCUT2D eigenvalue weighted by Gasteiger charge is -2.48. The van der Waals surface area contributed by atoms with Gasteiger partial charge in [-0.25, -0.2) is 9.59 Å². The molecule has 0 aromatic carbocycles. The Morgan fingerprint density at radius 2 is 1.39 bits per heavy atom. The molecule has 41 heavy (non-hydrogen) atoms. The fourth-order valence-electron chi connectivity index (χ4n) is 4.86. The van der Waals surface area contributed by atoms with Crippen molar-refractivity contribution in [2.45, 2.75) is 68.9 Å². The number of carboxylic acids is 2. The molecule has 3 saturated heterocycles. The zero-order valence-electron chi connectivity index (χ0n) is 21.9. The van der Waals surface area contributed by atoms with Gasteiger partial charge < -0.3 is 26.2 Å². The third-order valence-corrected chi connectivity index (χ3v) is 8.21. The highest BCUT2D eigenvalue weighted by Crippen LogP contribution is 2.34. The summed E-state index contributed by atoms with van der Waals surface area (Å²) in [4.78, 5) is 49.4. The van der Waals surface area contributed by atoms with Crippen LogP contribution in [-0.2, 0) is 14.4 Å². The molecule has 0 spiro atoms. The lowest BCUT2D eigenvalue weighted by atomic mass is 9.83. The average molecular weight is 619 g/mol. The van der Waals surface area contributed by atoms with Crippen molar-refractivity contribution in [3.05, 3.63) is 21.9 Å². The van der Waals surface area contributed by atoms with Crippen molar-refractivity contribution in [2.75, 3.05) is 32.7 Å². The number of carbonyl (C=O) groups is 4. The van der Waals surface area contributed by atoms with Gasteiger partial charge in [-0.3, -0.25) is 14.5 Å². The topological polar surface area (TPSA) is 153 Å². The minimum absolute atomic E-state index is 0.0981. The van der Waals surface area contributed by atoms with Crippen LogP contribution in [0, 0.1) is 0 Å². The summed E-state index contributed by atoms with van der Waals surface area (Å²) in [5.41, 5.74) is 5.29. The summed E-state index contributed by atoms with van der Waals surface area (Å²) in [6.45, 7) is 4.16. The maximum absolute atomic E-state index is 13.0. The number of halogens is 6. The van der Waals surface area contributed by atoms with E-state index in [1.165, 1.54) is 17.7 Å². The van der Waals surface area contributed by atoms with Gasteiger partial charge in [-0.1, -0.05) is 6.42 Å². The van der Waals surface area contributed by atoms with E-state index in [1.54, 1.807) is 11.3 Å². The van der Waals surface area contributed by atoms with E-state index in [-0.39, 0.29) is 11.8 Å². The first-order valence-corrected chi connectivity index (χ1v) is 13.6. The minimum Gasteiger partial charge on any atom is -0.475 e. The molecule has 2 amide bonds. The Bertz CT molecular complexity index is 1040. The van der Waals surface area contributed by atoms with Crippen LogP contribution in [0.1, 0.15) is 65.5 Å². The monoisotopic (exact) mass is 618 g/mol. The van der Waals surface area contributed by atoms with Gasteiger partial charge in [0.25, 0.3) is 5.91 Å². The molecule has 10 nitrogen and oxygen atoms in total. The van der Waals surface area contributed by atoms with E-state index < -0.39 is 29.8 Å². The molecule has 3 aliphatic heterocycles. The van der Waals surface area contributed by atoms with Gasteiger partial charge in [-0.2, -0.15) is 26.3 Å². The lowest BCUT2D eigenvalue weighted by molar-refractivity contribution is -0.193. The van der Waals surface area contributed by atoms with Crippen molar-refractivity contribution in [1.82, 2.24) is 15.1 Å². The van der Waals surface area contributed by atoms with Gasteiger partial charge in [-0.05, 0) is 70.3 Å². The quantitative estimate of drug-likeness (QED) is 0.375. The minimum atomic E-state index is -5.08. The Labute approximate surface area is 235 Å². The van der Waals surface area contributed by atoms with Gasteiger partial charge in [-0.15, -0.1) is 11.3 Å². The molecule has 1 unspecified atom stereocenters. The van der Waals surface area contributed by atoms with Gasteiger partial charge >= 0.3 is 24.3 Å². The number of aliphatic carboxylic acids is 2. The Hall–Kier alpha value is -2.92. The van der Waals surface area contributed by atoms with Crippen LogP contribution in [0.3, 0.4) is 0 Å². The van der Waals surface area contributed by atoms with Crippen LogP contribution < -0.4 is 11.1 Å². The number of nitrogens with two attached hydrogens (primary N) is 1. The number of likely N-dealkylation sites (tertiary alicyclic amines) is 2. The van der Waals surface area contributed by atoms with E-state index in [9.17, 15) is 35.9 Å². The Balaban J connectivity index is 0.000000349. The number of rotatable bonds is 4. The van der Waals surface area contributed by atoms with E-state index in [0.29, 0.717) is 32.0 Å². The van der Waals surface area contributed by atoms with Crippen molar-refractivity contribution in [3.8, 4) is 0 Å². The number of piperidine rings is 2. The Morgan fingerprint density at radius 1 is 0.878 bits per heavy atom. The lowest BCUT2D eigenvalue weighted by Crippen LogP contribution is -2.63. The van der Waals surface area contributed by atoms with Crippen LogP contribution in [0.4, 0.5) is 26.3 Å². The molecule has 232 valence electrons. The smallest absolute Gasteiger partial charge is 0.475 e. The molecule has 17 heteroatoms. The second-order valence-electron chi connectivity index (χ2n) is 9.69.